The second-order valence-corrected chi connectivity index (χ2v) is 11.6. The molecule has 0 saturated carbocycles. The van der Waals surface area contributed by atoms with Gasteiger partial charge in [-0.3, -0.25) is 9.59 Å². The van der Waals surface area contributed by atoms with Gasteiger partial charge in [0.2, 0.25) is 11.8 Å². The Labute approximate surface area is 224 Å². The highest BCUT2D eigenvalue weighted by atomic mass is 16.6. The molecule has 2 N–H and O–H groups in total. The average Bonchev–Trinajstić information content (AvgIpc) is 2.79. The number of rotatable bonds is 11. The van der Waals surface area contributed by atoms with Crippen LogP contribution in [0.25, 0.3) is 0 Å². The van der Waals surface area contributed by atoms with Crippen LogP contribution in [-0.2, 0) is 14.3 Å². The van der Waals surface area contributed by atoms with Gasteiger partial charge in [0.25, 0.3) is 0 Å². The number of nitrogens with one attached hydrogen (secondary N) is 2. The zero-order valence-corrected chi connectivity index (χ0v) is 24.4. The molecule has 0 aromatic heterocycles. The third-order valence-electron chi connectivity index (χ3n) is 6.37. The van der Waals surface area contributed by atoms with Gasteiger partial charge >= 0.3 is 6.09 Å². The molecule has 0 heterocycles. The van der Waals surface area contributed by atoms with Crippen LogP contribution in [0.1, 0.15) is 106 Å². The number of amides is 3. The molecule has 1 rings (SSSR count). The Kier molecular flexibility index (Phi) is 11.7. The van der Waals surface area contributed by atoms with Crippen molar-refractivity contribution in [3.63, 3.8) is 0 Å². The molecule has 3 atom stereocenters. The minimum absolute atomic E-state index is 0.0625. The first-order valence-corrected chi connectivity index (χ1v) is 13.3. The van der Waals surface area contributed by atoms with E-state index in [1.807, 2.05) is 41.5 Å². The molecule has 3 unspecified atom stereocenters. The SMILES string of the molecule is C#Cc1ccc(C(C(=O)NC(C)CCC)N(C(=O)C(NC(=O)OC(C)(C)C)C(C)C)C(C)(C)CC)cc1. The number of carbonyl (C=O) groups excluding carboxylic acids is 3. The first kappa shape index (κ1) is 32.0. The van der Waals surface area contributed by atoms with Crippen LogP contribution in [0, 0.1) is 18.3 Å². The number of hydrogen-bond donors (Lipinski definition) is 2. The lowest BCUT2D eigenvalue weighted by Crippen LogP contribution is -2.60. The molecule has 1 aromatic rings. The van der Waals surface area contributed by atoms with E-state index < -0.39 is 29.3 Å². The topological polar surface area (TPSA) is 87.7 Å². The summed E-state index contributed by atoms with van der Waals surface area (Å²) >= 11 is 0. The van der Waals surface area contributed by atoms with Crippen molar-refractivity contribution in [2.75, 3.05) is 0 Å². The highest BCUT2D eigenvalue weighted by Crippen LogP contribution is 2.33. The lowest BCUT2D eigenvalue weighted by atomic mass is 9.90. The first-order chi connectivity index (χ1) is 17.1. The summed E-state index contributed by atoms with van der Waals surface area (Å²) in [5.41, 5.74) is -0.0924. The fraction of sp³-hybridized carbons (Fsp3) is 0.633. The molecular formula is C30H47N3O4. The lowest BCUT2D eigenvalue weighted by Gasteiger charge is -2.45. The van der Waals surface area contributed by atoms with Crippen LogP contribution in [0.3, 0.4) is 0 Å². The van der Waals surface area contributed by atoms with Crippen molar-refractivity contribution >= 4 is 17.9 Å². The lowest BCUT2D eigenvalue weighted by molar-refractivity contribution is -0.150. The molecule has 0 aliphatic carbocycles. The highest BCUT2D eigenvalue weighted by molar-refractivity contribution is 5.93. The van der Waals surface area contributed by atoms with Gasteiger partial charge in [-0.15, -0.1) is 6.42 Å². The number of ether oxygens (including phenoxy) is 1. The largest absolute Gasteiger partial charge is 0.444 e. The highest BCUT2D eigenvalue weighted by Gasteiger charge is 2.44. The Morgan fingerprint density at radius 1 is 1.00 bits per heavy atom. The predicted octanol–water partition coefficient (Wildman–Crippen LogP) is 5.58. The summed E-state index contributed by atoms with van der Waals surface area (Å²) in [4.78, 5) is 42.4. The summed E-state index contributed by atoms with van der Waals surface area (Å²) in [6, 6.07) is 5.25. The molecule has 0 spiro atoms. The number of alkyl carbamates (subject to hydrolysis) is 1. The summed E-state index contributed by atoms with van der Waals surface area (Å²) in [6.45, 7) is 18.9. The molecule has 0 radical (unpaired) electrons. The fourth-order valence-corrected chi connectivity index (χ4v) is 4.05. The van der Waals surface area contributed by atoms with E-state index in [1.165, 1.54) is 0 Å². The van der Waals surface area contributed by atoms with Gasteiger partial charge in [-0.2, -0.15) is 0 Å². The summed E-state index contributed by atoms with van der Waals surface area (Å²) < 4.78 is 5.44. The third-order valence-corrected chi connectivity index (χ3v) is 6.37. The molecule has 37 heavy (non-hydrogen) atoms. The van der Waals surface area contributed by atoms with Crippen LogP contribution in [-0.4, -0.2) is 46.0 Å². The monoisotopic (exact) mass is 513 g/mol. The van der Waals surface area contributed by atoms with Crippen LogP contribution in [0.5, 0.6) is 0 Å². The number of terminal acetylenes is 1. The maximum absolute atomic E-state index is 14.3. The molecule has 0 bridgehead atoms. The van der Waals surface area contributed by atoms with Gasteiger partial charge in [0.05, 0.1) is 0 Å². The molecule has 0 aliphatic rings. The van der Waals surface area contributed by atoms with E-state index in [0.717, 1.165) is 12.8 Å². The molecule has 7 nitrogen and oxygen atoms in total. The molecule has 206 valence electrons. The third kappa shape index (κ3) is 9.42. The molecule has 0 aliphatic heterocycles. The summed E-state index contributed by atoms with van der Waals surface area (Å²) in [7, 11) is 0. The van der Waals surface area contributed by atoms with Gasteiger partial charge in [-0.1, -0.05) is 52.2 Å². The van der Waals surface area contributed by atoms with Crippen LogP contribution in [0.4, 0.5) is 4.79 Å². The minimum Gasteiger partial charge on any atom is -0.444 e. The first-order valence-electron chi connectivity index (χ1n) is 13.3. The molecule has 1 aromatic carbocycles. The van der Waals surface area contributed by atoms with Crippen LogP contribution >= 0.6 is 0 Å². The van der Waals surface area contributed by atoms with Crippen molar-refractivity contribution in [3.05, 3.63) is 35.4 Å². The Balaban J connectivity index is 3.65. The smallest absolute Gasteiger partial charge is 0.408 e. The quantitative estimate of drug-likeness (QED) is 0.378. The van der Waals surface area contributed by atoms with Crippen LogP contribution in [0.15, 0.2) is 24.3 Å². The Bertz CT molecular complexity index is 955. The molecular weight excluding hydrogens is 466 g/mol. The van der Waals surface area contributed by atoms with E-state index in [-0.39, 0.29) is 23.8 Å². The average molecular weight is 514 g/mol. The second kappa shape index (κ2) is 13.5. The van der Waals surface area contributed by atoms with Crippen molar-refractivity contribution in [1.29, 1.82) is 0 Å². The van der Waals surface area contributed by atoms with Gasteiger partial charge in [0.15, 0.2) is 0 Å². The van der Waals surface area contributed by atoms with E-state index >= 15 is 0 Å². The summed E-state index contributed by atoms with van der Waals surface area (Å²) in [6.07, 6.45) is 7.20. The molecule has 0 fully saturated rings. The molecule has 0 saturated heterocycles. The van der Waals surface area contributed by atoms with Crippen LogP contribution < -0.4 is 10.6 Å². The number of hydrogen-bond acceptors (Lipinski definition) is 4. The van der Waals surface area contributed by atoms with Crippen LogP contribution in [0.2, 0.25) is 0 Å². The fourth-order valence-electron chi connectivity index (χ4n) is 4.05. The second-order valence-electron chi connectivity index (χ2n) is 11.6. The molecule has 7 heteroatoms. The van der Waals surface area contributed by atoms with Gasteiger partial charge in [-0.25, -0.2) is 4.79 Å². The number of benzene rings is 1. The zero-order chi connectivity index (χ0) is 28.6. The summed E-state index contributed by atoms with van der Waals surface area (Å²) in [5, 5.41) is 5.86. The predicted molar refractivity (Wildman–Crippen MR) is 149 cm³/mol. The van der Waals surface area contributed by atoms with Crippen molar-refractivity contribution in [1.82, 2.24) is 15.5 Å². The van der Waals surface area contributed by atoms with Gasteiger partial charge in [-0.05, 0) is 78.0 Å². The van der Waals surface area contributed by atoms with E-state index in [0.29, 0.717) is 17.5 Å². The van der Waals surface area contributed by atoms with Crippen molar-refractivity contribution < 1.29 is 19.1 Å². The van der Waals surface area contributed by atoms with E-state index in [9.17, 15) is 14.4 Å². The van der Waals surface area contributed by atoms with Crippen molar-refractivity contribution in [3.8, 4) is 12.3 Å². The maximum Gasteiger partial charge on any atom is 0.408 e. The van der Waals surface area contributed by atoms with Gasteiger partial charge in [0.1, 0.15) is 17.7 Å². The summed E-state index contributed by atoms with van der Waals surface area (Å²) in [5.74, 6) is 1.72. The van der Waals surface area contributed by atoms with Gasteiger partial charge < -0.3 is 20.3 Å². The Morgan fingerprint density at radius 2 is 1.57 bits per heavy atom. The van der Waals surface area contributed by atoms with E-state index in [4.69, 9.17) is 11.2 Å². The standard InChI is InChI=1S/C30H47N3O4/c1-12-15-21(6)31-26(34)25(23-18-16-22(13-2)17-19-23)33(30(10,11)14-3)27(35)24(20(4)5)32-28(36)37-29(7,8)9/h2,16-21,24-25H,12,14-15H2,1,3-11H3,(H,31,34)(H,32,36). The van der Waals surface area contributed by atoms with E-state index in [2.05, 4.69) is 23.5 Å². The number of nitrogens with zero attached hydrogens (tertiary/aromatic N) is 1. The molecule has 3 amide bonds. The number of carbonyl (C=O) groups is 3. The van der Waals surface area contributed by atoms with Crippen molar-refractivity contribution in [2.24, 2.45) is 5.92 Å². The Morgan fingerprint density at radius 3 is 2.00 bits per heavy atom. The van der Waals surface area contributed by atoms with Gasteiger partial charge in [0, 0.05) is 17.1 Å². The zero-order valence-electron chi connectivity index (χ0n) is 24.4. The minimum atomic E-state index is -0.921. The normalized spacial score (nSPS) is 14.2. The van der Waals surface area contributed by atoms with Crippen molar-refractivity contribution in [2.45, 2.75) is 118 Å². The Hall–Kier alpha value is -3.01. The van der Waals surface area contributed by atoms with E-state index in [1.54, 1.807) is 49.9 Å². The maximum atomic E-state index is 14.3.